The fourth-order valence-corrected chi connectivity index (χ4v) is 4.42. The van der Waals surface area contributed by atoms with E-state index in [0.717, 1.165) is 38.7 Å². The Bertz CT molecular complexity index is 508. The molecular formula is C19H36IN5S. The molecule has 0 bridgehead atoms. The Kier molecular flexibility index (Phi) is 11.7. The number of rotatable bonds is 8. The third-order valence-corrected chi connectivity index (χ3v) is 5.94. The van der Waals surface area contributed by atoms with Gasteiger partial charge in [0.25, 0.3) is 0 Å². The fraction of sp³-hybridized carbons (Fsp3) is 0.737. The van der Waals surface area contributed by atoms with Crippen molar-refractivity contribution in [2.75, 3.05) is 53.4 Å². The average Bonchev–Trinajstić information content (AvgIpc) is 3.13. The van der Waals surface area contributed by atoms with Crippen molar-refractivity contribution in [1.29, 1.82) is 0 Å². The van der Waals surface area contributed by atoms with Crippen LogP contribution in [0.25, 0.3) is 0 Å². The van der Waals surface area contributed by atoms with E-state index in [1.54, 1.807) is 0 Å². The number of aliphatic imine (C=N–C) groups is 1. The predicted octanol–water partition coefficient (Wildman–Crippen LogP) is 3.26. The summed E-state index contributed by atoms with van der Waals surface area (Å²) in [7, 11) is 4.40. The van der Waals surface area contributed by atoms with Crippen LogP contribution in [0.3, 0.4) is 0 Å². The molecule has 7 heteroatoms. The highest BCUT2D eigenvalue weighted by molar-refractivity contribution is 14.0. The van der Waals surface area contributed by atoms with E-state index in [0.29, 0.717) is 12.0 Å². The summed E-state index contributed by atoms with van der Waals surface area (Å²) in [6, 6.07) is 4.95. The summed E-state index contributed by atoms with van der Waals surface area (Å²) in [5.41, 5.74) is 0. The van der Waals surface area contributed by atoms with Gasteiger partial charge in [0.15, 0.2) is 5.96 Å². The number of guanidine groups is 1. The van der Waals surface area contributed by atoms with Gasteiger partial charge in [0.2, 0.25) is 0 Å². The van der Waals surface area contributed by atoms with Crippen molar-refractivity contribution in [2.24, 2.45) is 10.9 Å². The van der Waals surface area contributed by atoms with Crippen LogP contribution in [0.4, 0.5) is 0 Å². The molecule has 2 atom stereocenters. The van der Waals surface area contributed by atoms with Gasteiger partial charge >= 0.3 is 0 Å². The SMILES string of the molecule is CCNC(=NCC1CCCN(C)C1c1cccs1)NCCN(C)CC.I. The van der Waals surface area contributed by atoms with Gasteiger partial charge in [0, 0.05) is 37.1 Å². The molecule has 2 unspecified atom stereocenters. The van der Waals surface area contributed by atoms with Crippen molar-refractivity contribution < 1.29 is 0 Å². The Morgan fingerprint density at radius 3 is 2.85 bits per heavy atom. The minimum atomic E-state index is 0. The number of likely N-dealkylation sites (N-methyl/N-ethyl adjacent to an activating group) is 1. The highest BCUT2D eigenvalue weighted by Crippen LogP contribution is 2.37. The molecule has 1 aliphatic rings. The summed E-state index contributed by atoms with van der Waals surface area (Å²) in [5, 5.41) is 9.05. The van der Waals surface area contributed by atoms with Gasteiger partial charge in [0.05, 0.1) is 0 Å². The Balaban J connectivity index is 0.00000338. The van der Waals surface area contributed by atoms with Gasteiger partial charge in [-0.05, 0) is 64.3 Å². The van der Waals surface area contributed by atoms with Gasteiger partial charge in [-0.15, -0.1) is 35.3 Å². The van der Waals surface area contributed by atoms with E-state index in [9.17, 15) is 0 Å². The summed E-state index contributed by atoms with van der Waals surface area (Å²) in [4.78, 5) is 11.2. The molecule has 1 aromatic rings. The Hall–Kier alpha value is -0.380. The molecule has 0 aromatic carbocycles. The second kappa shape index (κ2) is 12.9. The molecule has 2 heterocycles. The van der Waals surface area contributed by atoms with Gasteiger partial charge in [0.1, 0.15) is 0 Å². The first-order valence-corrected chi connectivity index (χ1v) is 10.5. The quantitative estimate of drug-likeness (QED) is 0.332. The zero-order valence-electron chi connectivity index (χ0n) is 16.7. The molecule has 0 spiro atoms. The molecule has 2 N–H and O–H groups in total. The summed E-state index contributed by atoms with van der Waals surface area (Å²) in [6.45, 7) is 10.3. The van der Waals surface area contributed by atoms with Crippen molar-refractivity contribution >= 4 is 41.3 Å². The molecule has 5 nitrogen and oxygen atoms in total. The van der Waals surface area contributed by atoms with Gasteiger partial charge in [-0.2, -0.15) is 0 Å². The first-order chi connectivity index (χ1) is 12.2. The van der Waals surface area contributed by atoms with Crippen LogP contribution < -0.4 is 10.6 Å². The van der Waals surface area contributed by atoms with Crippen LogP contribution in [0.5, 0.6) is 0 Å². The van der Waals surface area contributed by atoms with Gasteiger partial charge in [-0.3, -0.25) is 9.89 Å². The molecule has 1 aromatic heterocycles. The highest BCUT2D eigenvalue weighted by atomic mass is 127. The van der Waals surface area contributed by atoms with Gasteiger partial charge in [-0.1, -0.05) is 13.0 Å². The van der Waals surface area contributed by atoms with E-state index >= 15 is 0 Å². The standard InChI is InChI=1S/C19H35N5S.HI/c1-5-20-19(21-11-13-23(3)6-2)22-15-16-9-7-12-24(4)18(16)17-10-8-14-25-17;/h8,10,14,16,18H,5-7,9,11-13,15H2,1-4H3,(H2,20,21,22);1H. The smallest absolute Gasteiger partial charge is 0.191 e. The fourth-order valence-electron chi connectivity index (χ4n) is 3.43. The zero-order valence-corrected chi connectivity index (χ0v) is 19.8. The van der Waals surface area contributed by atoms with Crippen molar-refractivity contribution in [3.8, 4) is 0 Å². The first kappa shape index (κ1) is 23.7. The number of hydrogen-bond donors (Lipinski definition) is 2. The van der Waals surface area contributed by atoms with Crippen molar-refractivity contribution in [2.45, 2.75) is 32.7 Å². The van der Waals surface area contributed by atoms with Crippen LogP contribution in [0.1, 0.15) is 37.6 Å². The number of hydrogen-bond acceptors (Lipinski definition) is 4. The minimum Gasteiger partial charge on any atom is -0.357 e. The lowest BCUT2D eigenvalue weighted by Crippen LogP contribution is -2.42. The molecule has 2 rings (SSSR count). The largest absolute Gasteiger partial charge is 0.357 e. The van der Waals surface area contributed by atoms with Crippen LogP contribution in [0.15, 0.2) is 22.5 Å². The molecule has 0 saturated carbocycles. The lowest BCUT2D eigenvalue weighted by Gasteiger charge is -2.38. The van der Waals surface area contributed by atoms with Gasteiger partial charge in [-0.25, -0.2) is 0 Å². The molecule has 1 saturated heterocycles. The van der Waals surface area contributed by atoms with Crippen LogP contribution in [-0.4, -0.2) is 69.1 Å². The number of nitrogens with zero attached hydrogens (tertiary/aromatic N) is 3. The number of nitrogens with one attached hydrogen (secondary N) is 2. The van der Waals surface area contributed by atoms with Crippen molar-refractivity contribution in [3.05, 3.63) is 22.4 Å². The summed E-state index contributed by atoms with van der Waals surface area (Å²) in [5.74, 6) is 1.54. The maximum absolute atomic E-state index is 4.91. The lowest BCUT2D eigenvalue weighted by molar-refractivity contribution is 0.128. The molecule has 1 fully saturated rings. The van der Waals surface area contributed by atoms with E-state index in [2.05, 4.69) is 65.9 Å². The van der Waals surface area contributed by atoms with E-state index < -0.39 is 0 Å². The number of thiophene rings is 1. The van der Waals surface area contributed by atoms with Gasteiger partial charge < -0.3 is 15.5 Å². The highest BCUT2D eigenvalue weighted by Gasteiger charge is 2.31. The zero-order chi connectivity index (χ0) is 18.1. The maximum atomic E-state index is 4.91. The Morgan fingerprint density at radius 1 is 1.38 bits per heavy atom. The van der Waals surface area contributed by atoms with E-state index in [1.165, 1.54) is 24.3 Å². The first-order valence-electron chi connectivity index (χ1n) is 9.60. The van der Waals surface area contributed by atoms with E-state index in [-0.39, 0.29) is 24.0 Å². The van der Waals surface area contributed by atoms with E-state index in [4.69, 9.17) is 4.99 Å². The van der Waals surface area contributed by atoms with Crippen molar-refractivity contribution in [1.82, 2.24) is 20.4 Å². The predicted molar refractivity (Wildman–Crippen MR) is 125 cm³/mol. The number of likely N-dealkylation sites (tertiary alicyclic amines) is 1. The average molecular weight is 494 g/mol. The second-order valence-corrected chi connectivity index (χ2v) is 7.86. The molecule has 0 aliphatic carbocycles. The molecule has 1 aliphatic heterocycles. The molecule has 150 valence electrons. The second-order valence-electron chi connectivity index (χ2n) is 6.89. The normalized spacial score (nSPS) is 21.5. The van der Waals surface area contributed by atoms with Crippen LogP contribution in [-0.2, 0) is 0 Å². The molecule has 0 radical (unpaired) electrons. The summed E-state index contributed by atoms with van der Waals surface area (Å²) >= 11 is 1.87. The van der Waals surface area contributed by atoms with Crippen LogP contribution in [0.2, 0.25) is 0 Å². The monoisotopic (exact) mass is 493 g/mol. The summed E-state index contributed by atoms with van der Waals surface area (Å²) in [6.07, 6.45) is 2.53. The molecule has 0 amide bonds. The maximum Gasteiger partial charge on any atom is 0.191 e. The summed E-state index contributed by atoms with van der Waals surface area (Å²) < 4.78 is 0. The number of piperidine rings is 1. The Morgan fingerprint density at radius 2 is 2.19 bits per heavy atom. The van der Waals surface area contributed by atoms with Crippen LogP contribution in [0, 0.1) is 5.92 Å². The molecule has 26 heavy (non-hydrogen) atoms. The third kappa shape index (κ3) is 7.32. The topological polar surface area (TPSA) is 42.9 Å². The minimum absolute atomic E-state index is 0. The third-order valence-electron chi connectivity index (χ3n) is 5.00. The lowest BCUT2D eigenvalue weighted by atomic mass is 9.88. The van der Waals surface area contributed by atoms with E-state index in [1.807, 2.05) is 11.3 Å². The molecular weight excluding hydrogens is 457 g/mol. The Labute approximate surface area is 180 Å². The van der Waals surface area contributed by atoms with Crippen molar-refractivity contribution in [3.63, 3.8) is 0 Å². The van der Waals surface area contributed by atoms with Crippen LogP contribution >= 0.6 is 35.3 Å². The number of halogens is 1.